The number of aromatic hydroxyl groups is 1. The molecule has 0 saturated carbocycles. The number of anilines is 1. The lowest BCUT2D eigenvalue weighted by atomic mass is 10.1. The second-order valence-corrected chi connectivity index (χ2v) is 6.34. The van der Waals surface area contributed by atoms with Crippen LogP contribution >= 0.6 is 0 Å². The van der Waals surface area contributed by atoms with Crippen LogP contribution in [0.4, 0.5) is 5.69 Å². The zero-order valence-corrected chi connectivity index (χ0v) is 14.6. The van der Waals surface area contributed by atoms with Gasteiger partial charge in [0.15, 0.2) is 6.10 Å². The summed E-state index contributed by atoms with van der Waals surface area (Å²) in [5, 5.41) is 13.0. The largest absolute Gasteiger partial charge is 0.508 e. The molecule has 2 heterocycles. The quantitative estimate of drug-likeness (QED) is 0.689. The van der Waals surface area contributed by atoms with E-state index in [9.17, 15) is 14.7 Å². The number of rotatable bonds is 3. The fourth-order valence-electron chi connectivity index (χ4n) is 3.31. The molecule has 7 nitrogen and oxygen atoms in total. The van der Waals surface area contributed by atoms with Gasteiger partial charge in [-0.05, 0) is 29.8 Å². The number of para-hydroxylation sites is 2. The molecule has 0 spiro atoms. The first-order valence-corrected chi connectivity index (χ1v) is 8.53. The van der Waals surface area contributed by atoms with Crippen LogP contribution < -0.4 is 20.6 Å². The zero-order valence-electron chi connectivity index (χ0n) is 14.6. The number of nitrogens with zero attached hydrogens (tertiary/aromatic N) is 1. The van der Waals surface area contributed by atoms with E-state index in [4.69, 9.17) is 9.15 Å². The Hall–Kier alpha value is -3.48. The number of phenolic OH excluding ortho intramolecular Hbond substituents is 1. The van der Waals surface area contributed by atoms with E-state index in [1.54, 1.807) is 19.2 Å². The number of phenols is 1. The Kier molecular flexibility index (Phi) is 4.19. The highest BCUT2D eigenvalue weighted by Crippen LogP contribution is 2.35. The molecule has 7 heteroatoms. The molecule has 1 aliphatic heterocycles. The van der Waals surface area contributed by atoms with Crippen molar-refractivity contribution in [3.63, 3.8) is 0 Å². The van der Waals surface area contributed by atoms with Crippen molar-refractivity contribution < 1.29 is 19.1 Å². The van der Waals surface area contributed by atoms with Crippen molar-refractivity contribution in [2.45, 2.75) is 12.6 Å². The summed E-state index contributed by atoms with van der Waals surface area (Å²) in [7, 11) is 1.57. The topological polar surface area (TPSA) is 92.0 Å². The summed E-state index contributed by atoms with van der Waals surface area (Å²) in [5.41, 5.74) is 1.42. The fourth-order valence-corrected chi connectivity index (χ4v) is 3.31. The Morgan fingerprint density at radius 1 is 1.26 bits per heavy atom. The third kappa shape index (κ3) is 3.19. The fraction of sp³-hybridized carbons (Fsp3) is 0.200. The number of hydrogen-bond acceptors (Lipinski definition) is 6. The van der Waals surface area contributed by atoms with E-state index >= 15 is 0 Å². The summed E-state index contributed by atoms with van der Waals surface area (Å²) in [5.74, 6) is 0.429. The Labute approximate surface area is 154 Å². The van der Waals surface area contributed by atoms with Crippen LogP contribution in [0, 0.1) is 0 Å². The second kappa shape index (κ2) is 6.68. The summed E-state index contributed by atoms with van der Waals surface area (Å²) < 4.78 is 11.0. The minimum atomic E-state index is -0.652. The number of carbonyl (C=O) groups excluding carboxylic acids is 1. The lowest BCUT2D eigenvalue weighted by Crippen LogP contribution is -2.48. The van der Waals surface area contributed by atoms with Gasteiger partial charge in [0.25, 0.3) is 5.91 Å². The molecule has 1 atom stereocenters. The number of fused-ring (bicyclic) bond motifs is 2. The number of nitrogens with one attached hydrogen (secondary N) is 1. The highest BCUT2D eigenvalue weighted by molar-refractivity contribution is 5.84. The lowest BCUT2D eigenvalue weighted by molar-refractivity contribution is -0.127. The van der Waals surface area contributed by atoms with Crippen LogP contribution in [-0.4, -0.2) is 30.7 Å². The first kappa shape index (κ1) is 17.0. The van der Waals surface area contributed by atoms with Gasteiger partial charge < -0.3 is 24.5 Å². The SMILES string of the molecule is CNC(=O)[C@@H]1CN(Cc2cc(=O)oc3cc(O)ccc23)c2ccccc2O1. The lowest BCUT2D eigenvalue weighted by Gasteiger charge is -2.35. The molecule has 1 amide bonds. The summed E-state index contributed by atoms with van der Waals surface area (Å²) in [6.07, 6.45) is -0.652. The molecule has 1 aromatic heterocycles. The van der Waals surface area contributed by atoms with Crippen molar-refractivity contribution in [1.29, 1.82) is 0 Å². The molecule has 138 valence electrons. The maximum atomic E-state index is 12.1. The minimum absolute atomic E-state index is 0.0270. The van der Waals surface area contributed by atoms with Gasteiger partial charge in [-0.15, -0.1) is 0 Å². The first-order valence-electron chi connectivity index (χ1n) is 8.53. The van der Waals surface area contributed by atoms with Crippen LogP contribution in [0.5, 0.6) is 11.5 Å². The molecule has 3 aromatic rings. The van der Waals surface area contributed by atoms with Gasteiger partial charge in [-0.1, -0.05) is 12.1 Å². The monoisotopic (exact) mass is 366 g/mol. The van der Waals surface area contributed by atoms with Gasteiger partial charge in [0.05, 0.1) is 12.2 Å². The predicted molar refractivity (Wildman–Crippen MR) is 100 cm³/mol. The first-order chi connectivity index (χ1) is 13.0. The third-order valence-electron chi connectivity index (χ3n) is 4.58. The molecular weight excluding hydrogens is 348 g/mol. The van der Waals surface area contributed by atoms with E-state index in [2.05, 4.69) is 5.32 Å². The normalized spacial score (nSPS) is 15.9. The molecule has 2 aromatic carbocycles. The maximum absolute atomic E-state index is 12.1. The van der Waals surface area contributed by atoms with E-state index in [0.717, 1.165) is 16.6 Å². The van der Waals surface area contributed by atoms with Crippen molar-refractivity contribution >= 4 is 22.6 Å². The van der Waals surface area contributed by atoms with Crippen molar-refractivity contribution in [3.05, 3.63) is 64.5 Å². The number of ether oxygens (including phenoxy) is 1. The van der Waals surface area contributed by atoms with Crippen LogP contribution in [0.15, 0.2) is 57.7 Å². The van der Waals surface area contributed by atoms with Crippen molar-refractivity contribution in [2.75, 3.05) is 18.5 Å². The Balaban J connectivity index is 1.76. The van der Waals surface area contributed by atoms with Crippen molar-refractivity contribution in [1.82, 2.24) is 5.32 Å². The zero-order chi connectivity index (χ0) is 19.0. The van der Waals surface area contributed by atoms with Crippen LogP contribution in [0.3, 0.4) is 0 Å². The van der Waals surface area contributed by atoms with E-state index in [-0.39, 0.29) is 11.7 Å². The highest BCUT2D eigenvalue weighted by Gasteiger charge is 2.30. The molecule has 0 unspecified atom stereocenters. The van der Waals surface area contributed by atoms with E-state index in [0.29, 0.717) is 24.4 Å². The molecule has 0 aliphatic carbocycles. The molecular formula is C20H18N2O5. The van der Waals surface area contributed by atoms with Gasteiger partial charge in [0, 0.05) is 31.1 Å². The number of hydrogen-bond donors (Lipinski definition) is 2. The van der Waals surface area contributed by atoms with Crippen molar-refractivity contribution in [3.8, 4) is 11.5 Å². The molecule has 4 rings (SSSR count). The summed E-state index contributed by atoms with van der Waals surface area (Å²) >= 11 is 0. The Morgan fingerprint density at radius 3 is 2.89 bits per heavy atom. The van der Waals surface area contributed by atoms with E-state index < -0.39 is 11.7 Å². The van der Waals surface area contributed by atoms with Gasteiger partial charge in [-0.2, -0.15) is 0 Å². The average molecular weight is 366 g/mol. The van der Waals surface area contributed by atoms with E-state index in [1.165, 1.54) is 12.1 Å². The van der Waals surface area contributed by atoms with Crippen LogP contribution in [0.25, 0.3) is 11.0 Å². The molecule has 0 fully saturated rings. The average Bonchev–Trinajstić information content (AvgIpc) is 2.66. The van der Waals surface area contributed by atoms with Crippen LogP contribution in [0.2, 0.25) is 0 Å². The smallest absolute Gasteiger partial charge is 0.336 e. The molecule has 27 heavy (non-hydrogen) atoms. The Bertz CT molecular complexity index is 1080. The standard InChI is InChI=1S/C20H18N2O5/c1-21-20(25)18-11-22(15-4-2-3-5-16(15)26-18)10-12-8-19(24)27-17-9-13(23)6-7-14(12)17/h2-9,18,23H,10-11H2,1H3,(H,21,25)/t18-/m0/s1. The summed E-state index contributed by atoms with van der Waals surface area (Å²) in [6, 6.07) is 13.6. The molecule has 1 aliphatic rings. The molecule has 0 radical (unpaired) electrons. The molecule has 0 bridgehead atoms. The summed E-state index contributed by atoms with van der Waals surface area (Å²) in [4.78, 5) is 26.1. The van der Waals surface area contributed by atoms with Gasteiger partial charge in [0.2, 0.25) is 0 Å². The predicted octanol–water partition coefficient (Wildman–Crippen LogP) is 2.01. The van der Waals surface area contributed by atoms with Crippen LogP contribution in [0.1, 0.15) is 5.56 Å². The second-order valence-electron chi connectivity index (χ2n) is 6.34. The van der Waals surface area contributed by atoms with Crippen molar-refractivity contribution in [2.24, 2.45) is 0 Å². The number of benzene rings is 2. The van der Waals surface area contributed by atoms with Gasteiger partial charge in [0.1, 0.15) is 17.1 Å². The van der Waals surface area contributed by atoms with Gasteiger partial charge >= 0.3 is 5.63 Å². The molecule has 0 saturated heterocycles. The van der Waals surface area contributed by atoms with Gasteiger partial charge in [-0.25, -0.2) is 4.79 Å². The molecule has 2 N–H and O–H groups in total. The number of amides is 1. The van der Waals surface area contributed by atoms with Crippen LogP contribution in [-0.2, 0) is 11.3 Å². The number of carbonyl (C=O) groups is 1. The van der Waals surface area contributed by atoms with Gasteiger partial charge in [-0.3, -0.25) is 4.79 Å². The number of likely N-dealkylation sites (N-methyl/N-ethyl adjacent to an activating group) is 1. The Morgan fingerprint density at radius 2 is 2.07 bits per heavy atom. The third-order valence-corrected chi connectivity index (χ3v) is 4.58. The minimum Gasteiger partial charge on any atom is -0.508 e. The summed E-state index contributed by atoms with van der Waals surface area (Å²) in [6.45, 7) is 0.733. The highest BCUT2D eigenvalue weighted by atomic mass is 16.5. The van der Waals surface area contributed by atoms with E-state index in [1.807, 2.05) is 29.2 Å². The maximum Gasteiger partial charge on any atom is 0.336 e.